The number of hydrogen-bond acceptors (Lipinski definition) is 5. The summed E-state index contributed by atoms with van der Waals surface area (Å²) in [4.78, 5) is 24.8. The predicted molar refractivity (Wildman–Crippen MR) is 128 cm³/mol. The number of carbonyl (C=O) groups is 2. The Hall–Kier alpha value is -2.87. The minimum atomic E-state index is -0.537. The second kappa shape index (κ2) is 11.1. The van der Waals surface area contributed by atoms with Gasteiger partial charge < -0.3 is 9.47 Å². The molecule has 0 spiro atoms. The third-order valence-electron chi connectivity index (χ3n) is 4.13. The van der Waals surface area contributed by atoms with Gasteiger partial charge in [-0.15, -0.1) is 0 Å². The molecule has 32 heavy (non-hydrogen) atoms. The van der Waals surface area contributed by atoms with Crippen molar-refractivity contribution in [2.45, 2.75) is 6.92 Å². The van der Waals surface area contributed by atoms with Crippen LogP contribution in [0.1, 0.15) is 33.2 Å². The van der Waals surface area contributed by atoms with E-state index < -0.39 is 11.9 Å². The van der Waals surface area contributed by atoms with Crippen LogP contribution in [0, 0.1) is 0 Å². The quantitative estimate of drug-likeness (QED) is 0.171. The zero-order valence-corrected chi connectivity index (χ0v) is 19.9. The number of hydrazone groups is 1. The van der Waals surface area contributed by atoms with Gasteiger partial charge in [0.05, 0.1) is 28.4 Å². The first-order chi connectivity index (χ1) is 15.4. The van der Waals surface area contributed by atoms with Gasteiger partial charge in [-0.3, -0.25) is 4.79 Å². The molecule has 6 nitrogen and oxygen atoms in total. The molecule has 9 heteroatoms. The third kappa shape index (κ3) is 6.32. The molecule has 1 amide bonds. The molecule has 0 unspecified atom stereocenters. The van der Waals surface area contributed by atoms with Crippen LogP contribution < -0.4 is 14.9 Å². The molecule has 164 valence electrons. The summed E-state index contributed by atoms with van der Waals surface area (Å²) in [6, 6.07) is 16.2. The lowest BCUT2D eigenvalue weighted by Gasteiger charge is -2.09. The molecule has 0 fully saturated rings. The van der Waals surface area contributed by atoms with Gasteiger partial charge in [-0.1, -0.05) is 39.1 Å². The summed E-state index contributed by atoms with van der Waals surface area (Å²) in [5.74, 6) is -0.0644. The van der Waals surface area contributed by atoms with Crippen molar-refractivity contribution in [2.75, 3.05) is 6.61 Å². The second-order valence-electron chi connectivity index (χ2n) is 6.36. The fourth-order valence-electron chi connectivity index (χ4n) is 2.59. The van der Waals surface area contributed by atoms with Gasteiger partial charge in [-0.25, -0.2) is 10.2 Å². The van der Waals surface area contributed by atoms with E-state index in [1.165, 1.54) is 24.4 Å². The molecule has 3 rings (SSSR count). The normalized spacial score (nSPS) is 10.8. The van der Waals surface area contributed by atoms with E-state index >= 15 is 0 Å². The van der Waals surface area contributed by atoms with E-state index in [1.54, 1.807) is 42.5 Å². The summed E-state index contributed by atoms with van der Waals surface area (Å²) in [5, 5.41) is 4.56. The number of esters is 1. The largest absolute Gasteiger partial charge is 0.494 e. The maximum absolute atomic E-state index is 12.5. The van der Waals surface area contributed by atoms with E-state index in [1.807, 2.05) is 6.92 Å². The molecule has 0 aliphatic heterocycles. The SMILES string of the molecule is CCOc1ccc(C(=O)Oc2ccc(Br)cc2/C=N/NC(=O)c2ccc(Cl)c(Cl)c2)cc1. The summed E-state index contributed by atoms with van der Waals surface area (Å²) < 4.78 is 11.6. The fourth-order valence-corrected chi connectivity index (χ4v) is 3.27. The predicted octanol–water partition coefficient (Wildman–Crippen LogP) is 6.14. The van der Waals surface area contributed by atoms with E-state index in [2.05, 4.69) is 26.5 Å². The molecule has 3 aromatic rings. The van der Waals surface area contributed by atoms with Crippen molar-refractivity contribution < 1.29 is 19.1 Å². The number of ether oxygens (including phenoxy) is 2. The number of amides is 1. The van der Waals surface area contributed by atoms with Crippen LogP contribution in [0.5, 0.6) is 11.5 Å². The number of hydrogen-bond donors (Lipinski definition) is 1. The Kier molecular flexibility index (Phi) is 8.27. The van der Waals surface area contributed by atoms with E-state index in [-0.39, 0.29) is 10.8 Å². The lowest BCUT2D eigenvalue weighted by Crippen LogP contribution is -2.17. The smallest absolute Gasteiger partial charge is 0.343 e. The first-order valence-corrected chi connectivity index (χ1v) is 11.0. The molecule has 0 bridgehead atoms. The van der Waals surface area contributed by atoms with Gasteiger partial charge in [0.2, 0.25) is 0 Å². The first-order valence-electron chi connectivity index (χ1n) is 9.40. The Morgan fingerprint density at radius 3 is 2.41 bits per heavy atom. The van der Waals surface area contributed by atoms with Gasteiger partial charge >= 0.3 is 5.97 Å². The molecule has 0 aromatic heterocycles. The number of rotatable bonds is 7. The topological polar surface area (TPSA) is 77.0 Å². The minimum Gasteiger partial charge on any atom is -0.494 e. The van der Waals surface area contributed by atoms with Crippen molar-refractivity contribution in [3.8, 4) is 11.5 Å². The van der Waals surface area contributed by atoms with E-state index in [0.29, 0.717) is 34.1 Å². The van der Waals surface area contributed by atoms with Crippen molar-refractivity contribution in [3.63, 3.8) is 0 Å². The molecule has 0 radical (unpaired) electrons. The van der Waals surface area contributed by atoms with Crippen LogP contribution in [0.3, 0.4) is 0 Å². The zero-order valence-electron chi connectivity index (χ0n) is 16.8. The highest BCUT2D eigenvalue weighted by Gasteiger charge is 2.12. The number of benzene rings is 3. The van der Waals surface area contributed by atoms with Crippen molar-refractivity contribution >= 4 is 57.2 Å². The van der Waals surface area contributed by atoms with Crippen LogP contribution in [-0.2, 0) is 0 Å². The van der Waals surface area contributed by atoms with Crippen LogP contribution >= 0.6 is 39.1 Å². The summed E-state index contributed by atoms with van der Waals surface area (Å²) in [6.07, 6.45) is 1.38. The Morgan fingerprint density at radius 1 is 1.00 bits per heavy atom. The van der Waals surface area contributed by atoms with Gasteiger partial charge in [0.15, 0.2) is 0 Å². The number of nitrogens with one attached hydrogen (secondary N) is 1. The lowest BCUT2D eigenvalue weighted by atomic mass is 10.2. The molecule has 0 aliphatic rings. The molecule has 0 aliphatic carbocycles. The Labute approximate surface area is 203 Å². The summed E-state index contributed by atoms with van der Waals surface area (Å²) >= 11 is 15.2. The van der Waals surface area contributed by atoms with Crippen molar-refractivity contribution in [1.29, 1.82) is 0 Å². The zero-order chi connectivity index (χ0) is 23.1. The molecule has 3 aromatic carbocycles. The van der Waals surface area contributed by atoms with Crippen LogP contribution in [0.2, 0.25) is 10.0 Å². The molecule has 0 saturated heterocycles. The highest BCUT2D eigenvalue weighted by atomic mass is 79.9. The Balaban J connectivity index is 1.72. The monoisotopic (exact) mass is 534 g/mol. The van der Waals surface area contributed by atoms with E-state index in [4.69, 9.17) is 32.7 Å². The Bertz CT molecular complexity index is 1170. The van der Waals surface area contributed by atoms with Gasteiger partial charge in [0.25, 0.3) is 5.91 Å². The van der Waals surface area contributed by atoms with Gasteiger partial charge in [-0.05, 0) is 67.6 Å². The van der Waals surface area contributed by atoms with Crippen LogP contribution in [-0.4, -0.2) is 24.7 Å². The maximum atomic E-state index is 12.5. The van der Waals surface area contributed by atoms with Crippen LogP contribution in [0.15, 0.2) is 70.2 Å². The number of halogens is 3. The number of carbonyl (C=O) groups excluding carboxylic acids is 2. The first kappa shape index (κ1) is 23.8. The van der Waals surface area contributed by atoms with Crippen LogP contribution in [0.4, 0.5) is 0 Å². The van der Waals surface area contributed by atoms with Crippen molar-refractivity contribution in [1.82, 2.24) is 5.43 Å². The molecule has 0 saturated carbocycles. The molecule has 1 N–H and O–H groups in total. The molecular weight excluding hydrogens is 519 g/mol. The van der Waals surface area contributed by atoms with E-state index in [0.717, 1.165) is 4.47 Å². The summed E-state index contributed by atoms with van der Waals surface area (Å²) in [7, 11) is 0. The van der Waals surface area contributed by atoms with E-state index in [9.17, 15) is 9.59 Å². The Morgan fingerprint density at radius 2 is 1.72 bits per heavy atom. The second-order valence-corrected chi connectivity index (χ2v) is 8.09. The van der Waals surface area contributed by atoms with Crippen molar-refractivity contribution in [2.24, 2.45) is 5.10 Å². The lowest BCUT2D eigenvalue weighted by molar-refractivity contribution is 0.0734. The summed E-state index contributed by atoms with van der Waals surface area (Å²) in [6.45, 7) is 2.42. The molecular formula is C23H17BrCl2N2O4. The number of nitrogens with zero attached hydrogens (tertiary/aromatic N) is 1. The highest BCUT2D eigenvalue weighted by Crippen LogP contribution is 2.24. The van der Waals surface area contributed by atoms with Gasteiger partial charge in [-0.2, -0.15) is 5.10 Å². The van der Waals surface area contributed by atoms with Crippen LogP contribution in [0.25, 0.3) is 0 Å². The average Bonchev–Trinajstić information content (AvgIpc) is 2.78. The maximum Gasteiger partial charge on any atom is 0.343 e. The van der Waals surface area contributed by atoms with Gasteiger partial charge in [0, 0.05) is 15.6 Å². The molecule has 0 heterocycles. The standard InChI is InChI=1S/C23H17BrCl2N2O4/c1-2-31-18-7-3-14(4-8-18)23(30)32-21-10-6-17(24)11-16(21)13-27-28-22(29)15-5-9-19(25)20(26)12-15/h3-13H,2H2,1H3,(H,28,29)/b27-13+. The van der Waals surface area contributed by atoms with Crippen molar-refractivity contribution in [3.05, 3.63) is 91.9 Å². The third-order valence-corrected chi connectivity index (χ3v) is 5.36. The average molecular weight is 536 g/mol. The fraction of sp³-hybridized carbons (Fsp3) is 0.0870. The summed E-state index contributed by atoms with van der Waals surface area (Å²) in [5.41, 5.74) is 3.55. The van der Waals surface area contributed by atoms with Gasteiger partial charge in [0.1, 0.15) is 11.5 Å². The highest BCUT2D eigenvalue weighted by molar-refractivity contribution is 9.10. The minimum absolute atomic E-state index is 0.263. The molecule has 0 atom stereocenters.